The summed E-state index contributed by atoms with van der Waals surface area (Å²) in [5, 5.41) is 17.7. The van der Waals surface area contributed by atoms with Gasteiger partial charge in [-0.1, -0.05) is 17.3 Å². The summed E-state index contributed by atoms with van der Waals surface area (Å²) in [5.74, 6) is -0.164. The number of amides is 1. The van der Waals surface area contributed by atoms with Crippen LogP contribution in [0.15, 0.2) is 29.4 Å². The van der Waals surface area contributed by atoms with Crippen molar-refractivity contribution >= 4 is 21.5 Å². The lowest BCUT2D eigenvalue weighted by Crippen LogP contribution is -2.46. The Morgan fingerprint density at radius 1 is 1.24 bits per heavy atom. The Morgan fingerprint density at radius 3 is 2.62 bits per heavy atom. The molecule has 1 aromatic heterocycles. The van der Waals surface area contributed by atoms with E-state index in [1.165, 1.54) is 0 Å². The molecule has 9 nitrogen and oxygen atoms in total. The van der Waals surface area contributed by atoms with Gasteiger partial charge in [0.05, 0.1) is 21.6 Å². The third kappa shape index (κ3) is 3.25. The second-order valence-corrected chi connectivity index (χ2v) is 12.4. The molecule has 1 atom stereocenters. The zero-order chi connectivity index (χ0) is 23.7. The molecule has 176 valence electrons. The van der Waals surface area contributed by atoms with Crippen LogP contribution in [0.25, 0.3) is 0 Å². The minimum atomic E-state index is -3.18. The highest BCUT2D eigenvalue weighted by Gasteiger charge is 2.60. The summed E-state index contributed by atoms with van der Waals surface area (Å²) >= 11 is 0. The fraction of sp³-hybridized carbons (Fsp3) is 0.500. The Balaban J connectivity index is 1.21. The highest BCUT2D eigenvalue weighted by atomic mass is 32.2. The van der Waals surface area contributed by atoms with E-state index in [1.807, 2.05) is 12.1 Å². The standard InChI is InChI=1S/C24H25N5O4S/c1-28-22-18(8-11-29(23(22)30)14-24(9-10-24)34(31,32)17-6-7-17)21(26-28)19-12-20(33-27-19)16-4-2-15(13-25)3-5-16/h2-5,17,20H,6-12,14H2,1H3/t20-/m1/s1. The molecule has 2 fully saturated rings. The van der Waals surface area contributed by atoms with Crippen molar-refractivity contribution in [2.75, 3.05) is 13.1 Å². The molecular weight excluding hydrogens is 454 g/mol. The Morgan fingerprint density at radius 2 is 1.97 bits per heavy atom. The Kier molecular flexibility index (Phi) is 4.65. The molecule has 0 spiro atoms. The van der Waals surface area contributed by atoms with E-state index >= 15 is 0 Å². The van der Waals surface area contributed by atoms with Crippen molar-refractivity contribution in [2.24, 2.45) is 12.2 Å². The molecule has 2 aliphatic heterocycles. The van der Waals surface area contributed by atoms with Gasteiger partial charge < -0.3 is 9.74 Å². The summed E-state index contributed by atoms with van der Waals surface area (Å²) in [6, 6.07) is 9.34. The molecule has 6 rings (SSSR count). The number of carbonyl (C=O) groups excluding carboxylic acids is 1. The van der Waals surface area contributed by atoms with E-state index in [9.17, 15) is 13.2 Å². The summed E-state index contributed by atoms with van der Waals surface area (Å²) in [7, 11) is -1.44. The zero-order valence-electron chi connectivity index (χ0n) is 18.9. The maximum atomic E-state index is 13.4. The van der Waals surface area contributed by atoms with Crippen molar-refractivity contribution in [3.05, 3.63) is 52.3 Å². The van der Waals surface area contributed by atoms with Crippen molar-refractivity contribution < 1.29 is 18.0 Å². The van der Waals surface area contributed by atoms with E-state index in [4.69, 9.17) is 10.1 Å². The van der Waals surface area contributed by atoms with Gasteiger partial charge in [0.2, 0.25) is 0 Å². The topological polar surface area (TPSA) is 118 Å². The molecule has 0 N–H and O–H groups in total. The van der Waals surface area contributed by atoms with Gasteiger partial charge in [0.15, 0.2) is 15.9 Å². The molecule has 2 aromatic rings. The second-order valence-electron chi connectivity index (χ2n) is 9.77. The quantitative estimate of drug-likeness (QED) is 0.627. The molecule has 0 unspecified atom stereocenters. The molecule has 34 heavy (non-hydrogen) atoms. The van der Waals surface area contributed by atoms with E-state index in [0.29, 0.717) is 54.9 Å². The maximum absolute atomic E-state index is 13.4. The Labute approximate surface area is 197 Å². The normalized spacial score (nSPS) is 23.2. The number of carbonyl (C=O) groups is 1. The third-order valence-corrected chi connectivity index (χ3v) is 10.6. The van der Waals surface area contributed by atoms with Crippen LogP contribution in [-0.4, -0.2) is 57.8 Å². The summed E-state index contributed by atoms with van der Waals surface area (Å²) in [6.07, 6.45) is 3.65. The van der Waals surface area contributed by atoms with Gasteiger partial charge >= 0.3 is 0 Å². The predicted molar refractivity (Wildman–Crippen MR) is 123 cm³/mol. The fourth-order valence-corrected chi connectivity index (χ4v) is 7.64. The van der Waals surface area contributed by atoms with Crippen molar-refractivity contribution in [3.63, 3.8) is 0 Å². The van der Waals surface area contributed by atoms with Crippen LogP contribution in [0.1, 0.15) is 71.1 Å². The number of nitrogens with zero attached hydrogens (tertiary/aromatic N) is 5. The average molecular weight is 480 g/mol. The lowest BCUT2D eigenvalue weighted by Gasteiger charge is -2.31. The van der Waals surface area contributed by atoms with Crippen LogP contribution in [-0.2, 0) is 28.1 Å². The van der Waals surface area contributed by atoms with Gasteiger partial charge in [0.1, 0.15) is 17.1 Å². The van der Waals surface area contributed by atoms with Crippen LogP contribution in [0.2, 0.25) is 0 Å². The molecule has 4 aliphatic rings. The Bertz CT molecular complexity index is 1360. The largest absolute Gasteiger partial charge is 0.387 e. The lowest BCUT2D eigenvalue weighted by molar-refractivity contribution is 0.0724. The molecule has 1 aromatic carbocycles. The second kappa shape index (κ2) is 7.40. The van der Waals surface area contributed by atoms with Crippen LogP contribution < -0.4 is 0 Å². The minimum absolute atomic E-state index is 0.164. The predicted octanol–water partition coefficient (Wildman–Crippen LogP) is 2.27. The number of hydrogen-bond acceptors (Lipinski definition) is 7. The smallest absolute Gasteiger partial charge is 0.272 e. The van der Waals surface area contributed by atoms with Crippen molar-refractivity contribution in [1.29, 1.82) is 5.26 Å². The third-order valence-electron chi connectivity index (χ3n) is 7.47. The highest BCUT2D eigenvalue weighted by molar-refractivity contribution is 7.94. The first-order chi connectivity index (χ1) is 16.3. The maximum Gasteiger partial charge on any atom is 0.272 e. The molecule has 0 saturated heterocycles. The van der Waals surface area contributed by atoms with Crippen LogP contribution in [0.5, 0.6) is 0 Å². The van der Waals surface area contributed by atoms with E-state index in [0.717, 1.165) is 24.0 Å². The summed E-state index contributed by atoms with van der Waals surface area (Å²) in [6.45, 7) is 0.745. The molecule has 2 aliphatic carbocycles. The lowest BCUT2D eigenvalue weighted by atomic mass is 9.97. The molecule has 10 heteroatoms. The molecule has 0 radical (unpaired) electrons. The van der Waals surface area contributed by atoms with Gasteiger partial charge in [-0.05, 0) is 49.8 Å². The van der Waals surface area contributed by atoms with Crippen LogP contribution in [0, 0.1) is 11.3 Å². The number of sulfone groups is 1. The molecular formula is C24H25N5O4S. The number of nitriles is 1. The first kappa shape index (κ1) is 21.4. The van der Waals surface area contributed by atoms with Crippen molar-refractivity contribution in [2.45, 2.75) is 54.6 Å². The molecule has 1 amide bonds. The molecule has 3 heterocycles. The van der Waals surface area contributed by atoms with E-state index in [-0.39, 0.29) is 23.8 Å². The van der Waals surface area contributed by atoms with Crippen LogP contribution >= 0.6 is 0 Å². The zero-order valence-corrected chi connectivity index (χ0v) is 19.7. The molecule has 2 saturated carbocycles. The van der Waals surface area contributed by atoms with Gasteiger partial charge in [-0.25, -0.2) is 8.42 Å². The highest BCUT2D eigenvalue weighted by Crippen LogP contribution is 2.51. The average Bonchev–Trinajstić information content (AvgIpc) is 3.75. The molecule has 0 bridgehead atoms. The summed E-state index contributed by atoms with van der Waals surface area (Å²) in [4.78, 5) is 20.8. The summed E-state index contributed by atoms with van der Waals surface area (Å²) < 4.78 is 26.7. The number of oxime groups is 1. The van der Waals surface area contributed by atoms with Crippen LogP contribution in [0.4, 0.5) is 0 Å². The number of benzene rings is 1. The number of aromatic nitrogens is 2. The monoisotopic (exact) mass is 479 g/mol. The van der Waals surface area contributed by atoms with Gasteiger partial charge in [-0.3, -0.25) is 9.48 Å². The van der Waals surface area contributed by atoms with Gasteiger partial charge in [-0.2, -0.15) is 10.4 Å². The first-order valence-corrected chi connectivity index (χ1v) is 13.2. The minimum Gasteiger partial charge on any atom is -0.387 e. The van der Waals surface area contributed by atoms with Crippen LogP contribution in [0.3, 0.4) is 0 Å². The Hall–Kier alpha value is -3.19. The van der Waals surface area contributed by atoms with Crippen molar-refractivity contribution in [1.82, 2.24) is 14.7 Å². The summed E-state index contributed by atoms with van der Waals surface area (Å²) in [5.41, 5.74) is 4.24. The van der Waals surface area contributed by atoms with E-state index in [1.54, 1.807) is 28.8 Å². The fourth-order valence-electron chi connectivity index (χ4n) is 5.17. The van der Waals surface area contributed by atoms with E-state index in [2.05, 4.69) is 16.3 Å². The van der Waals surface area contributed by atoms with E-state index < -0.39 is 14.6 Å². The van der Waals surface area contributed by atoms with Crippen molar-refractivity contribution in [3.8, 4) is 6.07 Å². The van der Waals surface area contributed by atoms with Gasteiger partial charge in [-0.15, -0.1) is 0 Å². The first-order valence-electron chi connectivity index (χ1n) is 11.6. The number of rotatable bonds is 6. The van der Waals surface area contributed by atoms with Gasteiger partial charge in [0, 0.05) is 32.1 Å². The SMILES string of the molecule is Cn1nc(C2=NO[C@@H](c3ccc(C#N)cc3)C2)c2c1C(=O)N(CC1(S(=O)(=O)C3CC3)CC1)CC2. The number of hydrogen-bond donors (Lipinski definition) is 0. The van der Waals surface area contributed by atoms with Gasteiger partial charge in [0.25, 0.3) is 5.91 Å². The number of fused-ring (bicyclic) bond motifs is 1. The number of aryl methyl sites for hydroxylation is 1.